The maximum atomic E-state index is 9.78. The summed E-state index contributed by atoms with van der Waals surface area (Å²) in [5.41, 5.74) is 8.92. The van der Waals surface area contributed by atoms with E-state index in [1.165, 1.54) is 0 Å². The average molecular weight is 273 g/mol. The molecule has 5 heteroatoms. The number of rotatable bonds is 6. The van der Waals surface area contributed by atoms with Crippen molar-refractivity contribution in [2.24, 2.45) is 0 Å². The van der Waals surface area contributed by atoms with E-state index in [0.29, 0.717) is 24.3 Å². The van der Waals surface area contributed by atoms with E-state index in [1.54, 1.807) is 18.2 Å². The lowest BCUT2D eigenvalue weighted by Gasteiger charge is -2.12. The van der Waals surface area contributed by atoms with Crippen LogP contribution in [0.25, 0.3) is 0 Å². The lowest BCUT2D eigenvalue weighted by atomic mass is 10.1. The molecule has 0 aliphatic carbocycles. The van der Waals surface area contributed by atoms with Gasteiger partial charge in [-0.15, -0.1) is 0 Å². The Balaban J connectivity index is 2.03. The molecule has 0 fully saturated rings. The van der Waals surface area contributed by atoms with Gasteiger partial charge in [-0.1, -0.05) is 12.1 Å². The van der Waals surface area contributed by atoms with Gasteiger partial charge in [0.25, 0.3) is 0 Å². The van der Waals surface area contributed by atoms with Crippen LogP contribution in [-0.2, 0) is 6.54 Å². The normalized spacial score (nSPS) is 10.2. The molecule has 0 amide bonds. The second-order valence-electron chi connectivity index (χ2n) is 4.43. The molecule has 2 aromatic rings. The Morgan fingerprint density at radius 2 is 1.70 bits per heavy atom. The summed E-state index contributed by atoms with van der Waals surface area (Å²) in [6.07, 6.45) is 0. The van der Waals surface area contributed by atoms with Crippen molar-refractivity contribution >= 4 is 17.1 Å². The molecular weight excluding hydrogens is 254 g/mol. The van der Waals surface area contributed by atoms with Crippen molar-refractivity contribution in [2.45, 2.75) is 6.54 Å². The zero-order chi connectivity index (χ0) is 14.4. The minimum absolute atomic E-state index is 0.0894. The second-order valence-corrected chi connectivity index (χ2v) is 4.43. The number of phenolic OH excluding ortho intramolecular Hbond substituents is 1. The number of nitrogens with two attached hydrogens (primary N) is 1. The topological polar surface area (TPSA) is 90.5 Å². The summed E-state index contributed by atoms with van der Waals surface area (Å²) in [5.74, 6) is 0.187. The Kier molecular flexibility index (Phi) is 4.68. The SMILES string of the molecule is Nc1cccc(O)c1CNc1cccc(NCCO)c1. The molecule has 0 heterocycles. The molecular formula is C15H19N3O2. The van der Waals surface area contributed by atoms with Crippen LogP contribution in [0.15, 0.2) is 42.5 Å². The van der Waals surface area contributed by atoms with Gasteiger partial charge in [0.15, 0.2) is 0 Å². The van der Waals surface area contributed by atoms with Crippen molar-refractivity contribution in [3.05, 3.63) is 48.0 Å². The van der Waals surface area contributed by atoms with E-state index in [4.69, 9.17) is 10.8 Å². The molecule has 106 valence electrons. The number of aliphatic hydroxyl groups excluding tert-OH is 1. The summed E-state index contributed by atoms with van der Waals surface area (Å²) in [6, 6.07) is 12.8. The molecule has 0 bridgehead atoms. The minimum atomic E-state index is 0.0894. The van der Waals surface area contributed by atoms with Crippen molar-refractivity contribution in [1.82, 2.24) is 0 Å². The molecule has 0 aromatic heterocycles. The molecule has 2 aromatic carbocycles. The molecule has 20 heavy (non-hydrogen) atoms. The van der Waals surface area contributed by atoms with Gasteiger partial charge in [-0.3, -0.25) is 0 Å². The van der Waals surface area contributed by atoms with Gasteiger partial charge in [-0.05, 0) is 30.3 Å². The van der Waals surface area contributed by atoms with Crippen molar-refractivity contribution in [2.75, 3.05) is 29.5 Å². The number of aromatic hydroxyl groups is 1. The monoisotopic (exact) mass is 273 g/mol. The lowest BCUT2D eigenvalue weighted by Crippen LogP contribution is -2.06. The Morgan fingerprint density at radius 1 is 1.00 bits per heavy atom. The smallest absolute Gasteiger partial charge is 0.122 e. The highest BCUT2D eigenvalue weighted by molar-refractivity contribution is 5.59. The van der Waals surface area contributed by atoms with Crippen LogP contribution in [-0.4, -0.2) is 23.4 Å². The lowest BCUT2D eigenvalue weighted by molar-refractivity contribution is 0.311. The first kappa shape index (κ1) is 14.0. The summed E-state index contributed by atoms with van der Waals surface area (Å²) >= 11 is 0. The molecule has 0 aliphatic rings. The number of aliphatic hydroxyl groups is 1. The van der Waals surface area contributed by atoms with Crippen LogP contribution in [0, 0.1) is 0 Å². The summed E-state index contributed by atoms with van der Waals surface area (Å²) in [7, 11) is 0. The minimum Gasteiger partial charge on any atom is -0.508 e. The fraction of sp³-hybridized carbons (Fsp3) is 0.200. The van der Waals surface area contributed by atoms with E-state index in [9.17, 15) is 5.11 Å². The van der Waals surface area contributed by atoms with Gasteiger partial charge in [0.05, 0.1) is 6.61 Å². The van der Waals surface area contributed by atoms with E-state index < -0.39 is 0 Å². The van der Waals surface area contributed by atoms with Crippen molar-refractivity contribution in [3.8, 4) is 5.75 Å². The van der Waals surface area contributed by atoms with Crippen LogP contribution in [0.2, 0.25) is 0 Å². The van der Waals surface area contributed by atoms with Crippen LogP contribution in [0.1, 0.15) is 5.56 Å². The van der Waals surface area contributed by atoms with Crippen molar-refractivity contribution in [1.29, 1.82) is 0 Å². The van der Waals surface area contributed by atoms with E-state index >= 15 is 0 Å². The Bertz CT molecular complexity index is 553. The highest BCUT2D eigenvalue weighted by atomic mass is 16.3. The number of nitrogens with one attached hydrogen (secondary N) is 2. The van der Waals surface area contributed by atoms with Crippen LogP contribution < -0.4 is 16.4 Å². The quantitative estimate of drug-likeness (QED) is 0.519. The summed E-state index contributed by atoms with van der Waals surface area (Å²) in [5, 5.41) is 24.9. The van der Waals surface area contributed by atoms with Gasteiger partial charge in [-0.2, -0.15) is 0 Å². The van der Waals surface area contributed by atoms with Gasteiger partial charge < -0.3 is 26.6 Å². The standard InChI is InChI=1S/C15H19N3O2/c16-14-5-2-6-15(20)13(14)10-18-12-4-1-3-11(9-12)17-7-8-19/h1-6,9,17-20H,7-8,10,16H2. The van der Waals surface area contributed by atoms with Gasteiger partial charge in [-0.25, -0.2) is 0 Å². The van der Waals surface area contributed by atoms with Crippen LogP contribution in [0.3, 0.4) is 0 Å². The Morgan fingerprint density at radius 3 is 2.40 bits per heavy atom. The Labute approximate surface area is 118 Å². The predicted molar refractivity (Wildman–Crippen MR) is 81.9 cm³/mol. The zero-order valence-electron chi connectivity index (χ0n) is 11.1. The summed E-state index contributed by atoms with van der Waals surface area (Å²) in [4.78, 5) is 0. The number of nitrogen functional groups attached to an aromatic ring is 1. The van der Waals surface area contributed by atoms with E-state index in [0.717, 1.165) is 11.4 Å². The highest BCUT2D eigenvalue weighted by Gasteiger charge is 2.05. The van der Waals surface area contributed by atoms with Crippen LogP contribution in [0.4, 0.5) is 17.1 Å². The third-order valence-corrected chi connectivity index (χ3v) is 2.96. The van der Waals surface area contributed by atoms with Gasteiger partial charge in [0.2, 0.25) is 0 Å². The third-order valence-electron chi connectivity index (χ3n) is 2.96. The first-order chi connectivity index (χ1) is 9.70. The van der Waals surface area contributed by atoms with Crippen molar-refractivity contribution < 1.29 is 10.2 Å². The molecule has 0 atom stereocenters. The number of benzene rings is 2. The Hall–Kier alpha value is -2.40. The molecule has 0 saturated carbocycles. The molecule has 0 unspecified atom stereocenters. The number of hydrogen-bond acceptors (Lipinski definition) is 5. The number of anilines is 3. The zero-order valence-corrected chi connectivity index (χ0v) is 11.1. The summed E-state index contributed by atoms with van der Waals surface area (Å²) < 4.78 is 0. The number of phenols is 1. The predicted octanol–water partition coefficient (Wildman–Crippen LogP) is 1.99. The van der Waals surface area contributed by atoms with Crippen LogP contribution in [0.5, 0.6) is 5.75 Å². The van der Waals surface area contributed by atoms with Crippen LogP contribution >= 0.6 is 0 Å². The van der Waals surface area contributed by atoms with E-state index in [-0.39, 0.29) is 12.4 Å². The maximum absolute atomic E-state index is 9.78. The second kappa shape index (κ2) is 6.68. The molecule has 5 nitrogen and oxygen atoms in total. The number of hydrogen-bond donors (Lipinski definition) is 5. The fourth-order valence-corrected chi connectivity index (χ4v) is 1.91. The first-order valence-corrected chi connectivity index (χ1v) is 6.45. The molecule has 6 N–H and O–H groups in total. The largest absolute Gasteiger partial charge is 0.508 e. The highest BCUT2D eigenvalue weighted by Crippen LogP contribution is 2.24. The molecule has 0 spiro atoms. The van der Waals surface area contributed by atoms with E-state index in [2.05, 4.69) is 10.6 Å². The summed E-state index contributed by atoms with van der Waals surface area (Å²) in [6.45, 7) is 1.05. The molecule has 2 rings (SSSR count). The third kappa shape index (κ3) is 3.55. The fourth-order valence-electron chi connectivity index (χ4n) is 1.91. The van der Waals surface area contributed by atoms with Gasteiger partial charge >= 0.3 is 0 Å². The maximum Gasteiger partial charge on any atom is 0.122 e. The first-order valence-electron chi connectivity index (χ1n) is 6.45. The molecule has 0 saturated heterocycles. The van der Waals surface area contributed by atoms with Crippen molar-refractivity contribution in [3.63, 3.8) is 0 Å². The average Bonchev–Trinajstić information content (AvgIpc) is 2.45. The molecule has 0 radical (unpaired) electrons. The van der Waals surface area contributed by atoms with E-state index in [1.807, 2.05) is 24.3 Å². The van der Waals surface area contributed by atoms with Gasteiger partial charge in [0, 0.05) is 35.7 Å². The van der Waals surface area contributed by atoms with Gasteiger partial charge in [0.1, 0.15) is 5.75 Å². The molecule has 0 aliphatic heterocycles.